The maximum absolute atomic E-state index is 9.35. The molecule has 3 aromatic rings. The molecule has 0 aromatic heterocycles. The molecular formula is C43H35N5O2. The third-order valence-electron chi connectivity index (χ3n) is 8.04. The van der Waals surface area contributed by atoms with E-state index in [0.29, 0.717) is 28.6 Å². The minimum Gasteiger partial charge on any atom is -0.463 e. The van der Waals surface area contributed by atoms with E-state index in [4.69, 9.17) is 22.6 Å². The van der Waals surface area contributed by atoms with Crippen molar-refractivity contribution in [3.8, 4) is 12.1 Å². The molecule has 0 saturated heterocycles. The number of hydrogen-bond donors (Lipinski definition) is 0. The molecule has 0 radical (unpaired) electrons. The van der Waals surface area contributed by atoms with Gasteiger partial charge in [0.25, 0.3) is 5.70 Å². The molecule has 0 spiro atoms. The summed E-state index contributed by atoms with van der Waals surface area (Å²) in [6.45, 7) is 20.4. The zero-order chi connectivity index (χ0) is 35.5. The van der Waals surface area contributed by atoms with E-state index in [1.807, 2.05) is 73.7 Å². The molecule has 2 heterocycles. The van der Waals surface area contributed by atoms with Gasteiger partial charge in [-0.15, -0.1) is 0 Å². The van der Waals surface area contributed by atoms with Gasteiger partial charge < -0.3 is 14.4 Å². The lowest BCUT2D eigenvalue weighted by atomic mass is 9.97. The SMILES string of the molecule is [C-]#[N+]C(C#N)=C1C=C(C)OC(C=Cc2ccc(N(c3ccc(C=CC4=CC(C(C#N)[N+]#[C-])C=C(C)O4)cc3)c3ccc(CCC)cc3)cc2)=C1. The van der Waals surface area contributed by atoms with E-state index < -0.39 is 6.04 Å². The predicted molar refractivity (Wildman–Crippen MR) is 198 cm³/mol. The Kier molecular flexibility index (Phi) is 11.3. The van der Waals surface area contributed by atoms with Gasteiger partial charge in [-0.05, 0) is 115 Å². The molecule has 244 valence electrons. The smallest absolute Gasteiger partial charge is 0.316 e. The molecule has 0 amide bonds. The quantitative estimate of drug-likeness (QED) is 0.161. The van der Waals surface area contributed by atoms with Gasteiger partial charge in [0.05, 0.1) is 24.3 Å². The molecule has 0 aliphatic carbocycles. The highest BCUT2D eigenvalue weighted by Gasteiger charge is 2.26. The minimum atomic E-state index is -0.783. The molecule has 3 aromatic carbocycles. The predicted octanol–water partition coefficient (Wildman–Crippen LogP) is 10.9. The van der Waals surface area contributed by atoms with E-state index >= 15 is 0 Å². The molecule has 2 aliphatic rings. The Balaban J connectivity index is 1.40. The Hall–Kier alpha value is -6.80. The van der Waals surface area contributed by atoms with E-state index in [-0.39, 0.29) is 11.6 Å². The molecule has 2 unspecified atom stereocenters. The monoisotopic (exact) mass is 653 g/mol. The lowest BCUT2D eigenvalue weighted by Crippen LogP contribution is -2.15. The number of nitriles is 2. The van der Waals surface area contributed by atoms with Crippen LogP contribution in [0.5, 0.6) is 0 Å². The average molecular weight is 654 g/mol. The first-order chi connectivity index (χ1) is 24.3. The van der Waals surface area contributed by atoms with Crippen LogP contribution in [0.15, 0.2) is 144 Å². The highest BCUT2D eigenvalue weighted by atomic mass is 16.5. The molecule has 5 rings (SSSR count). The maximum Gasteiger partial charge on any atom is 0.316 e. The standard InChI is InChI=1S/C43H35N5O2/c1-6-7-32-8-16-37(17-9-32)48(38-18-10-33(11-19-38)14-22-40-26-35(24-30(2)49-40)42(28-44)46-4)39-20-12-34(13-21-39)15-23-41-27-36(25-31(3)50-41)43(29-45)47-5/h8-27,35,42H,6-7H2,1-3H3. The van der Waals surface area contributed by atoms with Crippen LogP contribution in [0.25, 0.3) is 21.8 Å². The topological polar surface area (TPSA) is 78.0 Å². The van der Waals surface area contributed by atoms with Gasteiger partial charge in [0.2, 0.25) is 0 Å². The van der Waals surface area contributed by atoms with Gasteiger partial charge in [-0.3, -0.25) is 4.85 Å². The summed E-state index contributed by atoms with van der Waals surface area (Å²) in [5.74, 6) is 2.13. The third kappa shape index (κ3) is 8.56. The van der Waals surface area contributed by atoms with Crippen molar-refractivity contribution in [2.24, 2.45) is 5.92 Å². The van der Waals surface area contributed by atoms with Crippen LogP contribution >= 0.6 is 0 Å². The van der Waals surface area contributed by atoms with Crippen LogP contribution in [-0.4, -0.2) is 6.04 Å². The fourth-order valence-electron chi connectivity index (χ4n) is 5.64. The second-order valence-corrected chi connectivity index (χ2v) is 11.8. The van der Waals surface area contributed by atoms with E-state index in [0.717, 1.165) is 41.0 Å². The number of nitrogens with zero attached hydrogens (tertiary/aromatic N) is 5. The maximum atomic E-state index is 9.35. The Morgan fingerprint density at radius 1 is 0.780 bits per heavy atom. The summed E-state index contributed by atoms with van der Waals surface area (Å²) < 4.78 is 11.7. The summed E-state index contributed by atoms with van der Waals surface area (Å²) in [6, 6.07) is 28.3. The van der Waals surface area contributed by atoms with Crippen molar-refractivity contribution >= 4 is 29.2 Å². The first kappa shape index (κ1) is 34.5. The Morgan fingerprint density at radius 2 is 1.34 bits per heavy atom. The highest BCUT2D eigenvalue weighted by molar-refractivity contribution is 5.78. The van der Waals surface area contributed by atoms with Crippen molar-refractivity contribution in [2.45, 2.75) is 39.7 Å². The van der Waals surface area contributed by atoms with Crippen molar-refractivity contribution in [1.82, 2.24) is 0 Å². The molecule has 0 N–H and O–H groups in total. The Bertz CT molecular complexity index is 2090. The number of allylic oxidation sites excluding steroid dienone is 8. The fourth-order valence-corrected chi connectivity index (χ4v) is 5.64. The fraction of sp³-hybridized carbons (Fsp3) is 0.163. The van der Waals surface area contributed by atoms with Gasteiger partial charge in [-0.25, -0.2) is 16.7 Å². The summed E-state index contributed by atoms with van der Waals surface area (Å²) in [6.07, 6.45) is 16.7. The number of anilines is 3. The zero-order valence-electron chi connectivity index (χ0n) is 28.2. The number of hydrogen-bond acceptors (Lipinski definition) is 5. The van der Waals surface area contributed by atoms with Gasteiger partial charge in [0.1, 0.15) is 17.3 Å². The lowest BCUT2D eigenvalue weighted by Gasteiger charge is -2.26. The second kappa shape index (κ2) is 16.3. The van der Waals surface area contributed by atoms with Crippen LogP contribution < -0.4 is 4.90 Å². The van der Waals surface area contributed by atoms with Crippen LogP contribution in [0.4, 0.5) is 17.1 Å². The summed E-state index contributed by atoms with van der Waals surface area (Å²) in [7, 11) is 0. The first-order valence-corrected chi connectivity index (χ1v) is 16.2. The van der Waals surface area contributed by atoms with Gasteiger partial charge in [0.15, 0.2) is 6.07 Å². The molecule has 0 fully saturated rings. The third-order valence-corrected chi connectivity index (χ3v) is 8.04. The molecule has 2 aliphatic heterocycles. The van der Waals surface area contributed by atoms with E-state index in [9.17, 15) is 10.5 Å². The lowest BCUT2D eigenvalue weighted by molar-refractivity contribution is 0.304. The summed E-state index contributed by atoms with van der Waals surface area (Å²) >= 11 is 0. The Morgan fingerprint density at radius 3 is 1.86 bits per heavy atom. The van der Waals surface area contributed by atoms with Gasteiger partial charge in [-0.2, -0.15) is 5.26 Å². The Labute approximate surface area is 294 Å². The van der Waals surface area contributed by atoms with Crippen LogP contribution in [0.3, 0.4) is 0 Å². The van der Waals surface area contributed by atoms with Crippen molar-refractivity contribution in [2.75, 3.05) is 4.90 Å². The number of aryl methyl sites for hydroxylation is 1. The highest BCUT2D eigenvalue weighted by Crippen LogP contribution is 2.35. The summed E-state index contributed by atoms with van der Waals surface area (Å²) in [4.78, 5) is 8.97. The molecule has 7 heteroatoms. The zero-order valence-corrected chi connectivity index (χ0v) is 28.2. The molecule has 2 atom stereocenters. The van der Waals surface area contributed by atoms with Gasteiger partial charge in [0, 0.05) is 17.1 Å². The van der Waals surface area contributed by atoms with E-state index in [1.54, 1.807) is 19.1 Å². The molecule has 0 bridgehead atoms. The molecular weight excluding hydrogens is 619 g/mol. The normalized spacial score (nSPS) is 17.0. The largest absolute Gasteiger partial charge is 0.463 e. The van der Waals surface area contributed by atoms with Crippen LogP contribution in [0.1, 0.15) is 43.9 Å². The molecule has 7 nitrogen and oxygen atoms in total. The number of rotatable bonds is 10. The van der Waals surface area contributed by atoms with Crippen molar-refractivity contribution in [1.29, 1.82) is 10.5 Å². The van der Waals surface area contributed by atoms with Crippen LogP contribution in [-0.2, 0) is 15.9 Å². The second-order valence-electron chi connectivity index (χ2n) is 11.8. The van der Waals surface area contributed by atoms with E-state index in [1.165, 1.54) is 5.56 Å². The van der Waals surface area contributed by atoms with Gasteiger partial charge in [-0.1, -0.05) is 61.9 Å². The molecule has 50 heavy (non-hydrogen) atoms. The van der Waals surface area contributed by atoms with Crippen molar-refractivity contribution < 1.29 is 9.47 Å². The minimum absolute atomic E-state index is 0.0266. The molecule has 0 saturated carbocycles. The average Bonchev–Trinajstić information content (AvgIpc) is 3.12. The summed E-state index contributed by atoms with van der Waals surface area (Å²) in [5, 5.41) is 18.6. The summed E-state index contributed by atoms with van der Waals surface area (Å²) in [5.41, 5.74) is 6.81. The van der Waals surface area contributed by atoms with Gasteiger partial charge >= 0.3 is 6.04 Å². The van der Waals surface area contributed by atoms with Crippen LogP contribution in [0, 0.1) is 41.7 Å². The number of benzene rings is 3. The van der Waals surface area contributed by atoms with Crippen molar-refractivity contribution in [3.63, 3.8) is 0 Å². The van der Waals surface area contributed by atoms with Crippen LogP contribution in [0.2, 0.25) is 0 Å². The number of ether oxygens (including phenoxy) is 2. The van der Waals surface area contributed by atoms with E-state index in [2.05, 4.69) is 76.1 Å². The van der Waals surface area contributed by atoms with Crippen molar-refractivity contribution in [3.05, 3.63) is 183 Å². The first-order valence-electron chi connectivity index (χ1n) is 16.2.